The Morgan fingerprint density at radius 1 is 1.40 bits per heavy atom. The fourth-order valence-electron chi connectivity index (χ4n) is 1.93. The molecule has 2 N–H and O–H groups in total. The fourth-order valence-corrected chi connectivity index (χ4v) is 2.34. The second-order valence-electron chi connectivity index (χ2n) is 4.76. The number of halogens is 1. The Kier molecular flexibility index (Phi) is 5.20. The molecule has 0 saturated heterocycles. The molecule has 4 nitrogen and oxygen atoms in total. The van der Waals surface area contributed by atoms with Crippen molar-refractivity contribution in [1.29, 1.82) is 0 Å². The molecule has 0 saturated carbocycles. The predicted octanol–water partition coefficient (Wildman–Crippen LogP) is 3.74. The van der Waals surface area contributed by atoms with Crippen LogP contribution in [-0.4, -0.2) is 15.8 Å². The van der Waals surface area contributed by atoms with Gasteiger partial charge in [0.1, 0.15) is 5.75 Å². The largest absolute Gasteiger partial charge is 0.454 e. The summed E-state index contributed by atoms with van der Waals surface area (Å²) in [6, 6.07) is 6.14. The van der Waals surface area contributed by atoms with Crippen LogP contribution in [-0.2, 0) is 13.0 Å². The minimum atomic E-state index is 0.144. The average molecular weight is 338 g/mol. The van der Waals surface area contributed by atoms with Gasteiger partial charge in [-0.1, -0.05) is 22.9 Å². The number of nitrogens with two attached hydrogens (primary N) is 1. The maximum atomic E-state index is 6.06. The minimum Gasteiger partial charge on any atom is -0.454 e. The Morgan fingerprint density at radius 3 is 2.85 bits per heavy atom. The molecule has 0 bridgehead atoms. The zero-order valence-corrected chi connectivity index (χ0v) is 13.4. The van der Waals surface area contributed by atoms with Gasteiger partial charge in [0, 0.05) is 17.1 Å². The van der Waals surface area contributed by atoms with Crippen LogP contribution >= 0.6 is 15.9 Å². The third-order valence-electron chi connectivity index (χ3n) is 3.19. The molecule has 0 radical (unpaired) electrons. The monoisotopic (exact) mass is 337 g/mol. The normalized spacial score (nSPS) is 12.4. The lowest BCUT2D eigenvalue weighted by atomic mass is 10.0. The highest BCUT2D eigenvalue weighted by Crippen LogP contribution is 2.29. The number of benzene rings is 1. The van der Waals surface area contributed by atoms with E-state index in [1.807, 2.05) is 29.9 Å². The van der Waals surface area contributed by atoms with Crippen molar-refractivity contribution in [3.05, 3.63) is 40.6 Å². The fraction of sp³-hybridized carbons (Fsp3) is 0.400. The zero-order chi connectivity index (χ0) is 14.5. The summed E-state index contributed by atoms with van der Waals surface area (Å²) >= 11 is 3.50. The molecular formula is C15H20BrN3O. The number of hydrogen-bond donors (Lipinski definition) is 1. The van der Waals surface area contributed by atoms with Crippen molar-refractivity contribution in [2.24, 2.45) is 5.73 Å². The van der Waals surface area contributed by atoms with Crippen LogP contribution in [0.15, 0.2) is 35.1 Å². The standard InChI is InChI=1S/C15H20BrN3O/c1-3-13(17)8-11-7-12(16)5-6-15(11)20-14-9-18-19(4-2)10-14/h5-7,9-10,13H,3-4,8,17H2,1-2H3. The summed E-state index contributed by atoms with van der Waals surface area (Å²) in [5.41, 5.74) is 7.16. The number of rotatable bonds is 6. The first kappa shape index (κ1) is 15.1. The highest BCUT2D eigenvalue weighted by Gasteiger charge is 2.10. The summed E-state index contributed by atoms with van der Waals surface area (Å²) in [6.07, 6.45) is 5.37. The quantitative estimate of drug-likeness (QED) is 0.873. The Hall–Kier alpha value is -1.33. The molecule has 0 fully saturated rings. The van der Waals surface area contributed by atoms with Gasteiger partial charge in [0.05, 0.1) is 12.4 Å². The molecule has 1 aromatic carbocycles. The summed E-state index contributed by atoms with van der Waals surface area (Å²) in [6.45, 7) is 4.97. The van der Waals surface area contributed by atoms with Gasteiger partial charge in [0.25, 0.3) is 0 Å². The van der Waals surface area contributed by atoms with Crippen molar-refractivity contribution in [3.8, 4) is 11.5 Å². The second-order valence-corrected chi connectivity index (χ2v) is 5.67. The molecule has 2 rings (SSSR count). The molecule has 20 heavy (non-hydrogen) atoms. The van der Waals surface area contributed by atoms with Gasteiger partial charge in [0.15, 0.2) is 5.75 Å². The van der Waals surface area contributed by atoms with Crippen molar-refractivity contribution >= 4 is 15.9 Å². The van der Waals surface area contributed by atoms with E-state index >= 15 is 0 Å². The van der Waals surface area contributed by atoms with Gasteiger partial charge in [-0.25, -0.2) is 0 Å². The van der Waals surface area contributed by atoms with E-state index in [2.05, 4.69) is 34.0 Å². The number of ether oxygens (including phenoxy) is 1. The molecular weight excluding hydrogens is 318 g/mol. The second kappa shape index (κ2) is 6.90. The number of aryl methyl sites for hydroxylation is 1. The molecule has 0 amide bonds. The van der Waals surface area contributed by atoms with Gasteiger partial charge in [-0.2, -0.15) is 5.10 Å². The van der Waals surface area contributed by atoms with Gasteiger partial charge in [-0.05, 0) is 43.5 Å². The van der Waals surface area contributed by atoms with Crippen LogP contribution in [0, 0.1) is 0 Å². The molecule has 1 aromatic heterocycles. The Balaban J connectivity index is 2.21. The maximum absolute atomic E-state index is 6.06. The summed E-state index contributed by atoms with van der Waals surface area (Å²) in [7, 11) is 0. The van der Waals surface area contributed by atoms with E-state index in [9.17, 15) is 0 Å². The van der Waals surface area contributed by atoms with Crippen LogP contribution in [0.25, 0.3) is 0 Å². The van der Waals surface area contributed by atoms with E-state index in [1.165, 1.54) is 0 Å². The van der Waals surface area contributed by atoms with Crippen LogP contribution in [0.1, 0.15) is 25.8 Å². The zero-order valence-electron chi connectivity index (χ0n) is 11.8. The van der Waals surface area contributed by atoms with E-state index in [1.54, 1.807) is 6.20 Å². The molecule has 0 aliphatic rings. The molecule has 5 heteroatoms. The van der Waals surface area contributed by atoms with E-state index in [0.29, 0.717) is 0 Å². The first-order valence-electron chi connectivity index (χ1n) is 6.86. The lowest BCUT2D eigenvalue weighted by molar-refractivity contribution is 0.470. The van der Waals surface area contributed by atoms with Crippen molar-refractivity contribution in [1.82, 2.24) is 9.78 Å². The van der Waals surface area contributed by atoms with Crippen molar-refractivity contribution in [2.45, 2.75) is 39.3 Å². The molecule has 1 unspecified atom stereocenters. The summed E-state index contributed by atoms with van der Waals surface area (Å²) in [5.74, 6) is 1.59. The van der Waals surface area contributed by atoms with Crippen molar-refractivity contribution < 1.29 is 4.74 Å². The lowest BCUT2D eigenvalue weighted by Gasteiger charge is -2.13. The van der Waals surface area contributed by atoms with Crippen molar-refractivity contribution in [2.75, 3.05) is 0 Å². The molecule has 108 valence electrons. The summed E-state index contributed by atoms with van der Waals surface area (Å²) in [5, 5.41) is 4.21. The van der Waals surface area contributed by atoms with E-state index in [-0.39, 0.29) is 6.04 Å². The number of nitrogens with zero attached hydrogens (tertiary/aromatic N) is 2. The lowest BCUT2D eigenvalue weighted by Crippen LogP contribution is -2.21. The Bertz CT molecular complexity index is 568. The maximum Gasteiger partial charge on any atom is 0.165 e. The van der Waals surface area contributed by atoms with E-state index in [0.717, 1.165) is 40.9 Å². The third-order valence-corrected chi connectivity index (χ3v) is 3.68. The van der Waals surface area contributed by atoms with Crippen LogP contribution in [0.5, 0.6) is 11.5 Å². The number of aromatic nitrogens is 2. The van der Waals surface area contributed by atoms with Crippen molar-refractivity contribution in [3.63, 3.8) is 0 Å². The first-order valence-corrected chi connectivity index (χ1v) is 7.66. The van der Waals surface area contributed by atoms with Crippen LogP contribution in [0.4, 0.5) is 0 Å². The predicted molar refractivity (Wildman–Crippen MR) is 84.1 cm³/mol. The third kappa shape index (κ3) is 3.84. The van der Waals surface area contributed by atoms with Gasteiger partial charge >= 0.3 is 0 Å². The topological polar surface area (TPSA) is 53.1 Å². The average Bonchev–Trinajstić information content (AvgIpc) is 2.89. The number of hydrogen-bond acceptors (Lipinski definition) is 3. The molecule has 2 aromatic rings. The van der Waals surface area contributed by atoms with Crippen LogP contribution < -0.4 is 10.5 Å². The molecule has 0 aliphatic heterocycles. The van der Waals surface area contributed by atoms with Gasteiger partial charge < -0.3 is 10.5 Å². The van der Waals surface area contributed by atoms with Gasteiger partial charge in [-0.15, -0.1) is 0 Å². The van der Waals surface area contributed by atoms with E-state index < -0.39 is 0 Å². The molecule has 0 spiro atoms. The Labute approximate surface area is 128 Å². The summed E-state index contributed by atoms with van der Waals surface area (Å²) in [4.78, 5) is 0. The highest BCUT2D eigenvalue weighted by molar-refractivity contribution is 9.10. The molecule has 1 heterocycles. The molecule has 0 aliphatic carbocycles. The minimum absolute atomic E-state index is 0.144. The first-order chi connectivity index (χ1) is 9.62. The van der Waals surface area contributed by atoms with Gasteiger partial charge in [-0.3, -0.25) is 4.68 Å². The SMILES string of the molecule is CCC(N)Cc1cc(Br)ccc1Oc1cnn(CC)c1. The Morgan fingerprint density at radius 2 is 2.20 bits per heavy atom. The molecule has 1 atom stereocenters. The van der Waals surface area contributed by atoms with Crippen LogP contribution in [0.3, 0.4) is 0 Å². The van der Waals surface area contributed by atoms with Crippen LogP contribution in [0.2, 0.25) is 0 Å². The highest BCUT2D eigenvalue weighted by atomic mass is 79.9. The van der Waals surface area contributed by atoms with Gasteiger partial charge in [0.2, 0.25) is 0 Å². The smallest absolute Gasteiger partial charge is 0.165 e. The van der Waals surface area contributed by atoms with E-state index in [4.69, 9.17) is 10.5 Å². The summed E-state index contributed by atoms with van der Waals surface area (Å²) < 4.78 is 8.81.